The van der Waals surface area contributed by atoms with Crippen molar-refractivity contribution in [3.8, 4) is 0 Å². The zero-order valence-electron chi connectivity index (χ0n) is 12.2. The Labute approximate surface area is 118 Å². The standard InChI is InChI=1S/C15H19N3O2/c1-9-5-6-12(13(7-9)16-4)14(19)18-11(3)15-17-8-10(2)20-15/h5-8,11,16H,1-4H3,(H,18,19). The fourth-order valence-corrected chi connectivity index (χ4v) is 1.97. The molecule has 1 aromatic carbocycles. The van der Waals surface area contributed by atoms with Gasteiger partial charge in [0, 0.05) is 12.7 Å². The lowest BCUT2D eigenvalue weighted by atomic mass is 10.1. The Morgan fingerprint density at radius 2 is 2.10 bits per heavy atom. The molecule has 0 spiro atoms. The van der Waals surface area contributed by atoms with Gasteiger partial charge in [-0.25, -0.2) is 4.98 Å². The van der Waals surface area contributed by atoms with Crippen LogP contribution in [0, 0.1) is 13.8 Å². The van der Waals surface area contributed by atoms with Crippen molar-refractivity contribution >= 4 is 11.6 Å². The summed E-state index contributed by atoms with van der Waals surface area (Å²) in [4.78, 5) is 16.4. The van der Waals surface area contributed by atoms with Gasteiger partial charge in [-0.05, 0) is 38.5 Å². The van der Waals surface area contributed by atoms with Crippen LogP contribution in [0.15, 0.2) is 28.8 Å². The van der Waals surface area contributed by atoms with Crippen molar-refractivity contribution in [1.29, 1.82) is 0 Å². The Kier molecular flexibility index (Phi) is 4.08. The topological polar surface area (TPSA) is 67.2 Å². The average molecular weight is 273 g/mol. The third-order valence-corrected chi connectivity index (χ3v) is 3.05. The van der Waals surface area contributed by atoms with Gasteiger partial charge in [-0.3, -0.25) is 4.79 Å². The minimum absolute atomic E-state index is 0.155. The summed E-state index contributed by atoms with van der Waals surface area (Å²) >= 11 is 0. The number of carbonyl (C=O) groups is 1. The smallest absolute Gasteiger partial charge is 0.254 e. The molecule has 1 amide bonds. The molecule has 0 aliphatic carbocycles. The predicted octanol–water partition coefficient (Wildman–Crippen LogP) is 2.82. The molecule has 0 aliphatic rings. The van der Waals surface area contributed by atoms with Crippen molar-refractivity contribution in [2.45, 2.75) is 26.8 Å². The Hall–Kier alpha value is -2.30. The first-order chi connectivity index (χ1) is 9.51. The van der Waals surface area contributed by atoms with Crippen molar-refractivity contribution in [2.75, 3.05) is 12.4 Å². The molecule has 1 aromatic heterocycles. The highest BCUT2D eigenvalue weighted by Crippen LogP contribution is 2.19. The summed E-state index contributed by atoms with van der Waals surface area (Å²) in [6.07, 6.45) is 1.64. The van der Waals surface area contributed by atoms with E-state index in [0.29, 0.717) is 11.5 Å². The van der Waals surface area contributed by atoms with Gasteiger partial charge in [0.15, 0.2) is 0 Å². The van der Waals surface area contributed by atoms with Crippen LogP contribution in [-0.2, 0) is 0 Å². The fourth-order valence-electron chi connectivity index (χ4n) is 1.97. The number of amides is 1. The number of hydrogen-bond donors (Lipinski definition) is 2. The molecule has 106 valence electrons. The maximum absolute atomic E-state index is 12.3. The molecule has 0 bridgehead atoms. The SMILES string of the molecule is CNc1cc(C)ccc1C(=O)NC(C)c1ncc(C)o1. The van der Waals surface area contributed by atoms with Crippen molar-refractivity contribution in [1.82, 2.24) is 10.3 Å². The molecule has 20 heavy (non-hydrogen) atoms. The number of hydrogen-bond acceptors (Lipinski definition) is 4. The van der Waals surface area contributed by atoms with Gasteiger partial charge >= 0.3 is 0 Å². The van der Waals surface area contributed by atoms with Crippen LogP contribution in [0.25, 0.3) is 0 Å². The highest BCUT2D eigenvalue weighted by Gasteiger charge is 2.17. The molecule has 0 saturated heterocycles. The van der Waals surface area contributed by atoms with Gasteiger partial charge in [-0.1, -0.05) is 6.07 Å². The Balaban J connectivity index is 2.16. The first kappa shape index (κ1) is 14.1. The van der Waals surface area contributed by atoms with Crippen LogP contribution in [0.3, 0.4) is 0 Å². The molecular weight excluding hydrogens is 254 g/mol. The quantitative estimate of drug-likeness (QED) is 0.899. The summed E-state index contributed by atoms with van der Waals surface area (Å²) in [7, 11) is 1.80. The molecule has 0 fully saturated rings. The van der Waals surface area contributed by atoms with Gasteiger partial charge in [0.25, 0.3) is 5.91 Å². The third kappa shape index (κ3) is 2.99. The molecule has 1 heterocycles. The second kappa shape index (κ2) is 5.77. The molecule has 2 aromatic rings. The van der Waals surface area contributed by atoms with E-state index in [-0.39, 0.29) is 11.9 Å². The Bertz CT molecular complexity index is 619. The van der Waals surface area contributed by atoms with E-state index in [0.717, 1.165) is 17.0 Å². The van der Waals surface area contributed by atoms with Crippen molar-refractivity contribution in [3.05, 3.63) is 47.2 Å². The monoisotopic (exact) mass is 273 g/mol. The predicted molar refractivity (Wildman–Crippen MR) is 77.8 cm³/mol. The lowest BCUT2D eigenvalue weighted by Gasteiger charge is -2.13. The normalized spacial score (nSPS) is 12.0. The summed E-state index contributed by atoms with van der Waals surface area (Å²) in [5.41, 5.74) is 2.51. The maximum Gasteiger partial charge on any atom is 0.254 e. The minimum atomic E-state index is -0.276. The van der Waals surface area contributed by atoms with Crippen molar-refractivity contribution in [2.24, 2.45) is 0 Å². The molecule has 0 aliphatic heterocycles. The molecule has 0 radical (unpaired) electrons. The van der Waals surface area contributed by atoms with Gasteiger partial charge < -0.3 is 15.1 Å². The van der Waals surface area contributed by atoms with E-state index in [2.05, 4.69) is 15.6 Å². The average Bonchev–Trinajstić information content (AvgIpc) is 2.85. The number of nitrogens with zero attached hydrogens (tertiary/aromatic N) is 1. The molecule has 5 heteroatoms. The van der Waals surface area contributed by atoms with Crippen LogP contribution in [-0.4, -0.2) is 17.9 Å². The van der Waals surface area contributed by atoms with Crippen molar-refractivity contribution in [3.63, 3.8) is 0 Å². The van der Waals surface area contributed by atoms with Crippen LogP contribution in [0.4, 0.5) is 5.69 Å². The lowest BCUT2D eigenvalue weighted by Crippen LogP contribution is -2.27. The van der Waals surface area contributed by atoms with Crippen LogP contribution >= 0.6 is 0 Å². The van der Waals surface area contributed by atoms with Gasteiger partial charge in [-0.15, -0.1) is 0 Å². The first-order valence-corrected chi connectivity index (χ1v) is 6.53. The second-order valence-electron chi connectivity index (χ2n) is 4.80. The number of carbonyl (C=O) groups excluding carboxylic acids is 1. The number of aryl methyl sites for hydroxylation is 2. The molecule has 1 unspecified atom stereocenters. The summed E-state index contributed by atoms with van der Waals surface area (Å²) in [5.74, 6) is 1.08. The summed E-state index contributed by atoms with van der Waals surface area (Å²) < 4.78 is 5.42. The van der Waals surface area contributed by atoms with Gasteiger partial charge in [0.1, 0.15) is 11.8 Å². The zero-order valence-corrected chi connectivity index (χ0v) is 12.2. The zero-order chi connectivity index (χ0) is 14.7. The van der Waals surface area contributed by atoms with E-state index in [1.165, 1.54) is 0 Å². The summed E-state index contributed by atoms with van der Waals surface area (Å²) in [6, 6.07) is 5.39. The molecule has 1 atom stereocenters. The number of anilines is 1. The highest BCUT2D eigenvalue weighted by atomic mass is 16.4. The maximum atomic E-state index is 12.3. The van der Waals surface area contributed by atoms with E-state index in [9.17, 15) is 4.79 Å². The van der Waals surface area contributed by atoms with Crippen LogP contribution in [0.5, 0.6) is 0 Å². The summed E-state index contributed by atoms with van der Waals surface area (Å²) in [5, 5.41) is 5.92. The number of aromatic nitrogens is 1. The van der Waals surface area contributed by atoms with Gasteiger partial charge in [0.2, 0.25) is 5.89 Å². The number of benzene rings is 1. The van der Waals surface area contributed by atoms with E-state index < -0.39 is 0 Å². The first-order valence-electron chi connectivity index (χ1n) is 6.53. The van der Waals surface area contributed by atoms with Crippen LogP contribution < -0.4 is 10.6 Å². The van der Waals surface area contributed by atoms with Crippen molar-refractivity contribution < 1.29 is 9.21 Å². The number of rotatable bonds is 4. The summed E-state index contributed by atoms with van der Waals surface area (Å²) in [6.45, 7) is 5.65. The van der Waals surface area contributed by atoms with Crippen LogP contribution in [0.1, 0.15) is 40.5 Å². The Morgan fingerprint density at radius 3 is 2.70 bits per heavy atom. The molecular formula is C15H19N3O2. The fraction of sp³-hybridized carbons (Fsp3) is 0.333. The van der Waals surface area contributed by atoms with E-state index >= 15 is 0 Å². The minimum Gasteiger partial charge on any atom is -0.444 e. The lowest BCUT2D eigenvalue weighted by molar-refractivity contribution is 0.0934. The largest absolute Gasteiger partial charge is 0.444 e. The van der Waals surface area contributed by atoms with Crippen LogP contribution in [0.2, 0.25) is 0 Å². The van der Waals surface area contributed by atoms with E-state index in [4.69, 9.17) is 4.42 Å². The Morgan fingerprint density at radius 1 is 1.35 bits per heavy atom. The third-order valence-electron chi connectivity index (χ3n) is 3.05. The van der Waals surface area contributed by atoms with Gasteiger partial charge in [0.05, 0.1) is 11.8 Å². The molecule has 2 N–H and O–H groups in total. The van der Waals surface area contributed by atoms with E-state index in [1.807, 2.05) is 39.0 Å². The molecule has 2 rings (SSSR count). The second-order valence-corrected chi connectivity index (χ2v) is 4.80. The molecule has 0 saturated carbocycles. The highest BCUT2D eigenvalue weighted by molar-refractivity contribution is 5.99. The number of nitrogens with one attached hydrogen (secondary N) is 2. The van der Waals surface area contributed by atoms with Gasteiger partial charge in [-0.2, -0.15) is 0 Å². The molecule has 5 nitrogen and oxygen atoms in total. The number of oxazole rings is 1. The van der Waals surface area contributed by atoms with E-state index in [1.54, 1.807) is 13.2 Å².